The molecule has 2 aromatic carbocycles. The van der Waals surface area contributed by atoms with Gasteiger partial charge in [-0.15, -0.1) is 0 Å². The van der Waals surface area contributed by atoms with Crippen LogP contribution in [0.3, 0.4) is 0 Å². The van der Waals surface area contributed by atoms with Gasteiger partial charge in [-0.05, 0) is 72.0 Å². The number of likely N-dealkylation sites (tertiary alicyclic amines) is 1. The number of imidazole rings is 1. The van der Waals surface area contributed by atoms with Gasteiger partial charge in [0.1, 0.15) is 0 Å². The molecule has 0 saturated carbocycles. The lowest BCUT2D eigenvalue weighted by atomic mass is 9.93. The van der Waals surface area contributed by atoms with Gasteiger partial charge < -0.3 is 9.47 Å². The van der Waals surface area contributed by atoms with E-state index in [0.29, 0.717) is 40.3 Å². The number of amidine groups is 1. The standard InChI is InChI=1S/C27H22ClF3N6OS/c28-19-3-1-17(22(13-19)27(29,30)31)12-21(16-2-4-23-18(11-16)14-33-35-23)24-25(38)34-26(39-24)36-8-5-20(6-9-36)37-10-7-32-15-37/h1-4,7,10-11,13-15,20H,5-6,8-9,12H2,(H,33,35). The zero-order chi connectivity index (χ0) is 27.1. The number of aliphatic imine (C=N–C) groups is 1. The molecule has 0 aliphatic carbocycles. The van der Waals surface area contributed by atoms with Crippen molar-refractivity contribution in [3.63, 3.8) is 0 Å². The summed E-state index contributed by atoms with van der Waals surface area (Å²) in [5.41, 5.74) is 1.11. The van der Waals surface area contributed by atoms with E-state index >= 15 is 0 Å². The van der Waals surface area contributed by atoms with Crippen LogP contribution in [-0.2, 0) is 17.4 Å². The highest BCUT2D eigenvalue weighted by Crippen LogP contribution is 2.41. The van der Waals surface area contributed by atoms with E-state index in [9.17, 15) is 18.0 Å². The number of allylic oxidation sites excluding steroid dienone is 1. The number of H-pyrrole nitrogens is 1. The molecule has 1 fully saturated rings. The first-order valence-corrected chi connectivity index (χ1v) is 13.5. The van der Waals surface area contributed by atoms with Crippen LogP contribution in [0.25, 0.3) is 16.5 Å². The minimum Gasteiger partial charge on any atom is -0.351 e. The summed E-state index contributed by atoms with van der Waals surface area (Å²) in [6.07, 6.45) is 4.17. The third-order valence-corrected chi connectivity index (χ3v) is 8.47. The highest BCUT2D eigenvalue weighted by Gasteiger charge is 2.36. The number of piperidine rings is 1. The van der Waals surface area contributed by atoms with Gasteiger partial charge in [0.25, 0.3) is 5.91 Å². The zero-order valence-corrected chi connectivity index (χ0v) is 22.0. The van der Waals surface area contributed by atoms with E-state index in [1.54, 1.807) is 24.5 Å². The molecule has 0 unspecified atom stereocenters. The first kappa shape index (κ1) is 25.7. The predicted molar refractivity (Wildman–Crippen MR) is 145 cm³/mol. The number of nitrogens with one attached hydrogen (secondary N) is 1. The van der Waals surface area contributed by atoms with E-state index in [1.807, 2.05) is 18.6 Å². The summed E-state index contributed by atoms with van der Waals surface area (Å²) in [5.74, 6) is -0.448. The fourth-order valence-electron chi connectivity index (χ4n) is 5.06. The van der Waals surface area contributed by atoms with Crippen molar-refractivity contribution in [3.05, 3.63) is 87.9 Å². The number of benzene rings is 2. The van der Waals surface area contributed by atoms with E-state index in [1.165, 1.54) is 23.9 Å². The number of fused-ring (bicyclic) bond motifs is 1. The van der Waals surface area contributed by atoms with Gasteiger partial charge in [-0.2, -0.15) is 23.3 Å². The number of nitrogens with zero attached hydrogens (tertiary/aromatic N) is 5. The largest absolute Gasteiger partial charge is 0.416 e. The fourth-order valence-corrected chi connectivity index (χ4v) is 6.30. The Labute approximate surface area is 230 Å². The number of amides is 1. The number of rotatable bonds is 4. The highest BCUT2D eigenvalue weighted by molar-refractivity contribution is 8.18. The Morgan fingerprint density at radius 3 is 2.72 bits per heavy atom. The van der Waals surface area contributed by atoms with E-state index in [2.05, 4.69) is 29.6 Å². The van der Waals surface area contributed by atoms with Gasteiger partial charge in [0.15, 0.2) is 5.17 Å². The minimum absolute atomic E-state index is 0.00359. The lowest BCUT2D eigenvalue weighted by Crippen LogP contribution is -2.37. The number of hydrogen-bond donors (Lipinski definition) is 1. The normalized spacial score (nSPS) is 18.2. The molecule has 39 heavy (non-hydrogen) atoms. The molecule has 200 valence electrons. The van der Waals surface area contributed by atoms with E-state index in [0.717, 1.165) is 29.8 Å². The van der Waals surface area contributed by atoms with Crippen molar-refractivity contribution in [1.82, 2.24) is 24.6 Å². The molecule has 12 heteroatoms. The molecule has 0 bridgehead atoms. The molecule has 1 amide bonds. The molecule has 1 saturated heterocycles. The van der Waals surface area contributed by atoms with Crippen molar-refractivity contribution in [1.29, 1.82) is 0 Å². The summed E-state index contributed by atoms with van der Waals surface area (Å²) in [7, 11) is 0. The van der Waals surface area contributed by atoms with E-state index in [4.69, 9.17) is 11.6 Å². The third-order valence-electron chi connectivity index (χ3n) is 7.07. The lowest BCUT2D eigenvalue weighted by Gasteiger charge is -2.33. The van der Waals surface area contributed by atoms with Gasteiger partial charge in [-0.3, -0.25) is 9.89 Å². The second kappa shape index (κ2) is 10.2. The molecular formula is C27H22ClF3N6OS. The van der Waals surface area contributed by atoms with Crippen molar-refractivity contribution in [2.24, 2.45) is 4.99 Å². The van der Waals surface area contributed by atoms with Gasteiger partial charge in [-0.1, -0.05) is 23.7 Å². The Morgan fingerprint density at radius 2 is 1.97 bits per heavy atom. The number of aromatic nitrogens is 4. The number of halogens is 4. The van der Waals surface area contributed by atoms with Crippen LogP contribution in [0.5, 0.6) is 0 Å². The second-order valence-electron chi connectivity index (χ2n) is 9.49. The van der Waals surface area contributed by atoms with Gasteiger partial charge in [0.2, 0.25) is 0 Å². The Morgan fingerprint density at radius 1 is 1.15 bits per heavy atom. The van der Waals surface area contributed by atoms with Gasteiger partial charge >= 0.3 is 6.18 Å². The van der Waals surface area contributed by atoms with Crippen LogP contribution >= 0.6 is 23.4 Å². The third kappa shape index (κ3) is 5.20. The van der Waals surface area contributed by atoms with Crippen LogP contribution in [0.4, 0.5) is 13.2 Å². The highest BCUT2D eigenvalue weighted by atomic mass is 35.5. The molecule has 2 aromatic heterocycles. The zero-order valence-electron chi connectivity index (χ0n) is 20.5. The first-order valence-electron chi connectivity index (χ1n) is 12.3. The number of hydrogen-bond acceptors (Lipinski definition) is 5. The summed E-state index contributed by atoms with van der Waals surface area (Å²) in [4.78, 5) is 24.1. The number of thioether (sulfide) groups is 1. The van der Waals surface area contributed by atoms with Gasteiger partial charge in [0, 0.05) is 41.9 Å². The van der Waals surface area contributed by atoms with Crippen molar-refractivity contribution in [3.8, 4) is 0 Å². The molecule has 0 spiro atoms. The molecule has 4 aromatic rings. The van der Waals surface area contributed by atoms with Crippen molar-refractivity contribution < 1.29 is 18.0 Å². The Kier molecular flexibility index (Phi) is 6.72. The predicted octanol–water partition coefficient (Wildman–Crippen LogP) is 6.35. The molecule has 2 aliphatic rings. The lowest BCUT2D eigenvalue weighted by molar-refractivity contribution is -0.138. The second-order valence-corrected chi connectivity index (χ2v) is 10.9. The number of carbonyl (C=O) groups is 1. The molecule has 6 rings (SSSR count). The van der Waals surface area contributed by atoms with Gasteiger partial charge in [0.05, 0.1) is 28.5 Å². The molecule has 4 heterocycles. The van der Waals surface area contributed by atoms with Crippen LogP contribution in [0.15, 0.2) is 71.2 Å². The fraction of sp³-hybridized carbons (Fsp3) is 0.259. The Hall–Kier alpha value is -3.57. The molecular weight excluding hydrogens is 549 g/mol. The van der Waals surface area contributed by atoms with Crippen LogP contribution in [0, 0.1) is 0 Å². The maximum absolute atomic E-state index is 13.9. The molecule has 0 radical (unpaired) electrons. The topological polar surface area (TPSA) is 79.2 Å². The summed E-state index contributed by atoms with van der Waals surface area (Å²) < 4.78 is 43.9. The van der Waals surface area contributed by atoms with E-state index < -0.39 is 17.6 Å². The SMILES string of the molecule is O=C1N=C(N2CCC(n3ccnc3)CC2)SC1=C(Cc1ccc(Cl)cc1C(F)(F)F)c1ccc2[nH]ncc2c1. The van der Waals surface area contributed by atoms with Crippen molar-refractivity contribution in [2.75, 3.05) is 13.1 Å². The Balaban J connectivity index is 1.34. The maximum Gasteiger partial charge on any atom is 0.416 e. The smallest absolute Gasteiger partial charge is 0.351 e. The summed E-state index contributed by atoms with van der Waals surface area (Å²) in [5, 5.41) is 8.28. The molecule has 1 N–H and O–H groups in total. The number of alkyl halides is 3. The summed E-state index contributed by atoms with van der Waals surface area (Å²) in [6, 6.07) is 9.47. The average Bonchev–Trinajstić information content (AvgIpc) is 3.68. The number of carbonyl (C=O) groups excluding carboxylic acids is 1. The van der Waals surface area contributed by atoms with Crippen LogP contribution in [0.1, 0.15) is 35.6 Å². The quantitative estimate of drug-likeness (QED) is 0.289. The van der Waals surface area contributed by atoms with Gasteiger partial charge in [-0.25, -0.2) is 4.98 Å². The molecule has 7 nitrogen and oxygen atoms in total. The molecule has 0 atom stereocenters. The summed E-state index contributed by atoms with van der Waals surface area (Å²) >= 11 is 7.14. The van der Waals surface area contributed by atoms with Crippen LogP contribution < -0.4 is 0 Å². The first-order chi connectivity index (χ1) is 18.8. The van der Waals surface area contributed by atoms with E-state index in [-0.39, 0.29) is 17.0 Å². The monoisotopic (exact) mass is 570 g/mol. The minimum atomic E-state index is -4.60. The Bertz CT molecular complexity index is 1600. The number of aromatic amines is 1. The molecule has 2 aliphatic heterocycles. The van der Waals surface area contributed by atoms with Crippen molar-refractivity contribution >= 4 is 50.9 Å². The van der Waals surface area contributed by atoms with Crippen LogP contribution in [0.2, 0.25) is 5.02 Å². The maximum atomic E-state index is 13.9. The van der Waals surface area contributed by atoms with Crippen molar-refractivity contribution in [2.45, 2.75) is 31.5 Å². The van der Waals surface area contributed by atoms with Crippen LogP contribution in [-0.4, -0.2) is 48.8 Å². The summed E-state index contributed by atoms with van der Waals surface area (Å²) in [6.45, 7) is 1.42. The average molecular weight is 571 g/mol.